The van der Waals surface area contributed by atoms with Gasteiger partial charge in [-0.25, -0.2) is 4.79 Å². The van der Waals surface area contributed by atoms with Crippen LogP contribution in [0.5, 0.6) is 11.5 Å². The number of fused-ring (bicyclic) bond motifs is 1. The van der Waals surface area contributed by atoms with Crippen LogP contribution in [-0.4, -0.2) is 74.0 Å². The van der Waals surface area contributed by atoms with E-state index in [2.05, 4.69) is 35.3 Å². The van der Waals surface area contributed by atoms with Gasteiger partial charge in [0.15, 0.2) is 0 Å². The van der Waals surface area contributed by atoms with Gasteiger partial charge in [0.05, 0.1) is 19.8 Å². The zero-order valence-electron chi connectivity index (χ0n) is 25.6. The van der Waals surface area contributed by atoms with Crippen molar-refractivity contribution in [2.24, 2.45) is 5.92 Å². The molecule has 230 valence electrons. The minimum atomic E-state index is -0.279. The van der Waals surface area contributed by atoms with Crippen molar-refractivity contribution in [2.75, 3.05) is 46.6 Å². The molecule has 9 heteroatoms. The molecule has 0 saturated carbocycles. The Balaban J connectivity index is 1.34. The Labute approximate surface area is 254 Å². The molecule has 0 spiro atoms. The summed E-state index contributed by atoms with van der Waals surface area (Å²) in [5, 5.41) is 2.88. The minimum absolute atomic E-state index is 0.0525. The van der Waals surface area contributed by atoms with Gasteiger partial charge in [-0.05, 0) is 86.7 Å². The standard InChI is InChI=1S/C34H43N3O6/c1-5-41-34(39)32-23(2)11-13-37(32)16-15-36-14-12-29(25-7-6-8-27(19-25)42-18-17-40-4)31(24(36)3)22-43-28-10-9-26-21-35-33(38)30(26)20-28/h6-11,13,19-20,24,29,31H,5,12,14-18,21-22H2,1-4H3,(H,35,38)/t24-,29+,31-/m1/s1. The third-order valence-corrected chi connectivity index (χ3v) is 8.75. The molecule has 1 amide bonds. The summed E-state index contributed by atoms with van der Waals surface area (Å²) in [6.07, 6.45) is 2.93. The fourth-order valence-electron chi connectivity index (χ4n) is 6.35. The summed E-state index contributed by atoms with van der Waals surface area (Å²) in [5.74, 6) is 1.66. The molecule has 1 N–H and O–H groups in total. The van der Waals surface area contributed by atoms with Crippen molar-refractivity contribution < 1.29 is 28.5 Å². The molecule has 2 aliphatic heterocycles. The molecule has 3 atom stereocenters. The van der Waals surface area contributed by atoms with Crippen LogP contribution in [0.2, 0.25) is 0 Å². The van der Waals surface area contributed by atoms with E-state index in [1.54, 1.807) is 7.11 Å². The molecule has 0 unspecified atom stereocenters. The molecule has 1 aromatic heterocycles. The third-order valence-electron chi connectivity index (χ3n) is 8.75. The highest BCUT2D eigenvalue weighted by Gasteiger charge is 2.37. The maximum Gasteiger partial charge on any atom is 0.355 e. The number of carbonyl (C=O) groups is 2. The van der Waals surface area contributed by atoms with Crippen molar-refractivity contribution in [3.05, 3.63) is 82.7 Å². The van der Waals surface area contributed by atoms with E-state index in [4.69, 9.17) is 18.9 Å². The summed E-state index contributed by atoms with van der Waals surface area (Å²) in [4.78, 5) is 27.4. The number of aromatic nitrogens is 1. The van der Waals surface area contributed by atoms with Gasteiger partial charge < -0.3 is 28.8 Å². The highest BCUT2D eigenvalue weighted by atomic mass is 16.5. The lowest BCUT2D eigenvalue weighted by Crippen LogP contribution is -2.49. The molecular formula is C34H43N3O6. The van der Waals surface area contributed by atoms with E-state index in [0.717, 1.165) is 36.4 Å². The number of piperidine rings is 1. The molecule has 1 fully saturated rings. The molecule has 3 aromatic rings. The van der Waals surface area contributed by atoms with Crippen molar-refractivity contribution in [3.63, 3.8) is 0 Å². The smallest absolute Gasteiger partial charge is 0.355 e. The van der Waals surface area contributed by atoms with Crippen LogP contribution in [0.25, 0.3) is 0 Å². The lowest BCUT2D eigenvalue weighted by atomic mass is 9.76. The van der Waals surface area contributed by atoms with Crippen molar-refractivity contribution in [1.29, 1.82) is 0 Å². The fourth-order valence-corrected chi connectivity index (χ4v) is 6.35. The van der Waals surface area contributed by atoms with Gasteiger partial charge in [0.1, 0.15) is 23.8 Å². The number of aryl methyl sites for hydroxylation is 1. The van der Waals surface area contributed by atoms with Crippen molar-refractivity contribution >= 4 is 11.9 Å². The maximum atomic E-state index is 12.6. The van der Waals surface area contributed by atoms with Gasteiger partial charge in [0, 0.05) is 50.5 Å². The molecule has 0 bridgehead atoms. The van der Waals surface area contributed by atoms with Crippen molar-refractivity contribution in [2.45, 2.75) is 52.2 Å². The summed E-state index contributed by atoms with van der Waals surface area (Å²) < 4.78 is 24.8. The highest BCUT2D eigenvalue weighted by molar-refractivity contribution is 5.98. The van der Waals surface area contributed by atoms with Gasteiger partial charge in [0.2, 0.25) is 0 Å². The third kappa shape index (κ3) is 7.05. The topological polar surface area (TPSA) is 91.3 Å². The summed E-state index contributed by atoms with van der Waals surface area (Å²) in [6, 6.07) is 16.3. The molecular weight excluding hydrogens is 546 g/mol. The van der Waals surface area contributed by atoms with E-state index in [1.807, 2.05) is 54.9 Å². The molecule has 3 heterocycles. The van der Waals surface area contributed by atoms with Gasteiger partial charge in [0.25, 0.3) is 5.91 Å². The summed E-state index contributed by atoms with van der Waals surface area (Å²) >= 11 is 0. The quantitative estimate of drug-likeness (QED) is 0.226. The molecule has 0 aliphatic carbocycles. The van der Waals surface area contributed by atoms with Gasteiger partial charge in [-0.1, -0.05) is 18.2 Å². The van der Waals surface area contributed by atoms with Crippen molar-refractivity contribution in [3.8, 4) is 11.5 Å². The number of nitrogens with one attached hydrogen (secondary N) is 1. The number of amides is 1. The second kappa shape index (κ2) is 14.1. The minimum Gasteiger partial charge on any atom is -0.493 e. The maximum absolute atomic E-state index is 12.6. The zero-order valence-corrected chi connectivity index (χ0v) is 25.6. The lowest BCUT2D eigenvalue weighted by molar-refractivity contribution is 0.0488. The number of likely N-dealkylation sites (tertiary alicyclic amines) is 1. The first-order valence-corrected chi connectivity index (χ1v) is 15.2. The van der Waals surface area contributed by atoms with Crippen LogP contribution in [0.3, 0.4) is 0 Å². The number of hydrogen-bond donors (Lipinski definition) is 1. The first-order chi connectivity index (χ1) is 20.9. The summed E-state index contributed by atoms with van der Waals surface area (Å²) in [6.45, 7) is 10.9. The first kappa shape index (κ1) is 30.6. The number of rotatable bonds is 13. The Hall–Kier alpha value is -3.82. The second-order valence-corrected chi connectivity index (χ2v) is 11.3. The predicted octanol–water partition coefficient (Wildman–Crippen LogP) is 4.82. The highest BCUT2D eigenvalue weighted by Crippen LogP contribution is 2.38. The normalized spacial score (nSPS) is 20.0. The molecule has 1 saturated heterocycles. The predicted molar refractivity (Wildman–Crippen MR) is 164 cm³/mol. The molecule has 43 heavy (non-hydrogen) atoms. The molecule has 2 aliphatic rings. The van der Waals surface area contributed by atoms with E-state index < -0.39 is 0 Å². The average molecular weight is 590 g/mol. The van der Waals surface area contributed by atoms with Crippen LogP contribution in [0.1, 0.15) is 63.7 Å². The number of methoxy groups -OCH3 is 1. The lowest BCUT2D eigenvalue weighted by Gasteiger charge is -2.44. The van der Waals surface area contributed by atoms with E-state index in [0.29, 0.717) is 56.5 Å². The number of benzene rings is 2. The van der Waals surface area contributed by atoms with Crippen LogP contribution in [-0.2, 0) is 22.6 Å². The summed E-state index contributed by atoms with van der Waals surface area (Å²) in [7, 11) is 1.67. The van der Waals surface area contributed by atoms with Gasteiger partial charge >= 0.3 is 5.97 Å². The second-order valence-electron chi connectivity index (χ2n) is 11.3. The van der Waals surface area contributed by atoms with E-state index in [9.17, 15) is 9.59 Å². The number of nitrogens with zero attached hydrogens (tertiary/aromatic N) is 2. The largest absolute Gasteiger partial charge is 0.493 e. The van der Waals surface area contributed by atoms with E-state index in [1.165, 1.54) is 5.56 Å². The Morgan fingerprint density at radius 2 is 1.88 bits per heavy atom. The Morgan fingerprint density at radius 1 is 1.05 bits per heavy atom. The van der Waals surface area contributed by atoms with Crippen LogP contribution in [0.4, 0.5) is 0 Å². The van der Waals surface area contributed by atoms with E-state index >= 15 is 0 Å². The molecule has 5 rings (SSSR count). The first-order valence-electron chi connectivity index (χ1n) is 15.2. The Kier molecular flexibility index (Phi) is 10.0. The number of esters is 1. The Bertz CT molecular complexity index is 1420. The molecule has 2 aromatic carbocycles. The van der Waals surface area contributed by atoms with E-state index in [-0.39, 0.29) is 29.8 Å². The number of hydrogen-bond acceptors (Lipinski definition) is 7. The van der Waals surface area contributed by atoms with Crippen LogP contribution in [0, 0.1) is 12.8 Å². The Morgan fingerprint density at radius 3 is 2.70 bits per heavy atom. The average Bonchev–Trinajstić information content (AvgIpc) is 3.57. The van der Waals surface area contributed by atoms with Gasteiger partial charge in [-0.3, -0.25) is 9.69 Å². The van der Waals surface area contributed by atoms with Crippen molar-refractivity contribution in [1.82, 2.24) is 14.8 Å². The number of ether oxygens (including phenoxy) is 4. The van der Waals surface area contributed by atoms with Gasteiger partial charge in [-0.15, -0.1) is 0 Å². The summed E-state index contributed by atoms with van der Waals surface area (Å²) in [5.41, 5.74) is 4.46. The zero-order chi connectivity index (χ0) is 30.3. The van der Waals surface area contributed by atoms with Gasteiger partial charge in [-0.2, -0.15) is 0 Å². The number of carbonyl (C=O) groups excluding carboxylic acids is 2. The molecule has 9 nitrogen and oxygen atoms in total. The fraction of sp³-hybridized carbons (Fsp3) is 0.471. The van der Waals surface area contributed by atoms with Crippen LogP contribution >= 0.6 is 0 Å². The SMILES string of the molecule is CCOC(=O)c1c(C)ccn1CCN1CC[C@@H](c2cccc(OCCOC)c2)[C@H](COc2ccc3c(c2)C(=O)NC3)[C@H]1C. The van der Waals surface area contributed by atoms with Crippen LogP contribution < -0.4 is 14.8 Å². The monoisotopic (exact) mass is 589 g/mol. The molecule has 0 radical (unpaired) electrons. The van der Waals surface area contributed by atoms with Crippen LogP contribution in [0.15, 0.2) is 54.7 Å².